The molecule has 2 heteroatoms. The minimum Gasteiger partial charge on any atom is -0.478 e. The normalized spacial score (nSPS) is 9.50. The molecule has 0 unspecified atom stereocenters. The first-order chi connectivity index (χ1) is 5.74. The highest BCUT2D eigenvalue weighted by Crippen LogP contribution is 2.18. The van der Waals surface area contributed by atoms with Gasteiger partial charge in [-0.3, -0.25) is 4.79 Å². The van der Waals surface area contributed by atoms with E-state index in [1.807, 2.05) is 32.0 Å². The molecule has 1 aromatic rings. The third-order valence-corrected chi connectivity index (χ3v) is 1.58. The lowest BCUT2D eigenvalue weighted by molar-refractivity contribution is -0.107. The predicted molar refractivity (Wildman–Crippen MR) is 46.9 cm³/mol. The molecule has 0 amide bonds. The molecule has 0 saturated carbocycles. The number of carbonyl (C=O) groups excluding carboxylic acids is 1. The summed E-state index contributed by atoms with van der Waals surface area (Å²) in [7, 11) is 0. The van der Waals surface area contributed by atoms with Gasteiger partial charge in [-0.25, -0.2) is 0 Å². The molecule has 0 bridgehead atoms. The lowest BCUT2D eigenvalue weighted by atomic mass is 10.1. The first-order valence-electron chi connectivity index (χ1n) is 3.75. The second kappa shape index (κ2) is 3.90. The Kier molecular flexibility index (Phi) is 2.86. The number of ether oxygens (including phenoxy) is 1. The number of carbonyl (C=O) groups is 1. The smallest absolute Gasteiger partial charge is 0.197 e. The van der Waals surface area contributed by atoms with Crippen molar-refractivity contribution in [1.29, 1.82) is 0 Å². The summed E-state index contributed by atoms with van der Waals surface area (Å²) in [6.45, 7) is 5.10. The molecule has 0 aromatic heterocycles. The molecular weight excluding hydrogens is 152 g/mol. The number of hydrogen-bond acceptors (Lipinski definition) is 2. The minimum atomic E-state index is 0.624. The van der Waals surface area contributed by atoms with Crippen LogP contribution in [0.4, 0.5) is 0 Å². The fourth-order valence-corrected chi connectivity index (χ4v) is 1.03. The number of rotatable bonds is 3. The van der Waals surface area contributed by atoms with Crippen molar-refractivity contribution in [2.75, 3.05) is 0 Å². The topological polar surface area (TPSA) is 26.3 Å². The van der Waals surface area contributed by atoms with Crippen LogP contribution in [0.2, 0.25) is 0 Å². The third-order valence-electron chi connectivity index (χ3n) is 1.58. The van der Waals surface area contributed by atoms with E-state index in [0.29, 0.717) is 6.29 Å². The molecule has 0 atom stereocenters. The van der Waals surface area contributed by atoms with E-state index in [1.54, 1.807) is 0 Å². The molecule has 0 aliphatic heterocycles. The van der Waals surface area contributed by atoms with Crippen LogP contribution >= 0.6 is 0 Å². The van der Waals surface area contributed by atoms with Crippen LogP contribution < -0.4 is 4.74 Å². The van der Waals surface area contributed by atoms with Gasteiger partial charge >= 0.3 is 0 Å². The molecule has 0 heterocycles. The zero-order valence-electron chi connectivity index (χ0n) is 7.20. The van der Waals surface area contributed by atoms with Crippen LogP contribution in [0.25, 0.3) is 0 Å². The van der Waals surface area contributed by atoms with Crippen molar-refractivity contribution in [1.82, 2.24) is 0 Å². The van der Waals surface area contributed by atoms with E-state index >= 15 is 0 Å². The lowest BCUT2D eigenvalue weighted by Gasteiger charge is -2.05. The molecule has 12 heavy (non-hydrogen) atoms. The number of aryl methyl sites for hydroxylation is 2. The first-order valence-corrected chi connectivity index (χ1v) is 3.75. The quantitative estimate of drug-likeness (QED) is 0.637. The Morgan fingerprint density at radius 2 is 2.08 bits per heavy atom. The molecule has 0 spiro atoms. The Labute approximate surface area is 72.2 Å². The molecule has 0 aliphatic carbocycles. The Morgan fingerprint density at radius 1 is 1.33 bits per heavy atom. The first kappa shape index (κ1) is 8.78. The van der Waals surface area contributed by atoms with Crippen LogP contribution in [-0.2, 0) is 4.79 Å². The van der Waals surface area contributed by atoms with Crippen LogP contribution in [0, 0.1) is 20.5 Å². The van der Waals surface area contributed by atoms with Crippen LogP contribution in [0.1, 0.15) is 11.1 Å². The zero-order chi connectivity index (χ0) is 8.97. The molecule has 1 rings (SSSR count). The minimum absolute atomic E-state index is 0.624. The fourth-order valence-electron chi connectivity index (χ4n) is 1.03. The van der Waals surface area contributed by atoms with E-state index in [9.17, 15) is 4.79 Å². The summed E-state index contributed by atoms with van der Waals surface area (Å²) in [6, 6.07) is 5.81. The Balaban J connectivity index is 2.78. The molecule has 1 radical (unpaired) electrons. The Bertz CT molecular complexity index is 279. The van der Waals surface area contributed by atoms with Gasteiger partial charge in [-0.05, 0) is 25.5 Å². The average molecular weight is 163 g/mol. The molecule has 0 aliphatic rings. The molecule has 1 aromatic carbocycles. The van der Waals surface area contributed by atoms with Gasteiger partial charge in [0.25, 0.3) is 0 Å². The Morgan fingerprint density at radius 3 is 2.67 bits per heavy atom. The SMILES string of the molecule is Cc1ccc(O[CH]C=O)c(C)c1. The van der Waals surface area contributed by atoms with E-state index < -0.39 is 0 Å². The highest BCUT2D eigenvalue weighted by molar-refractivity contribution is 5.59. The maximum atomic E-state index is 9.98. The summed E-state index contributed by atoms with van der Waals surface area (Å²) in [6.07, 6.45) is 0.624. The summed E-state index contributed by atoms with van der Waals surface area (Å²) < 4.78 is 5.05. The largest absolute Gasteiger partial charge is 0.478 e. The molecule has 0 N–H and O–H groups in total. The van der Waals surface area contributed by atoms with Crippen molar-refractivity contribution in [3.8, 4) is 5.75 Å². The summed E-state index contributed by atoms with van der Waals surface area (Å²) >= 11 is 0. The predicted octanol–water partition coefficient (Wildman–Crippen LogP) is 2.04. The van der Waals surface area contributed by atoms with Crippen LogP contribution in [0.5, 0.6) is 5.75 Å². The summed E-state index contributed by atoms with van der Waals surface area (Å²) in [5.74, 6) is 0.729. The molecule has 0 saturated heterocycles. The second-order valence-corrected chi connectivity index (χ2v) is 2.66. The van der Waals surface area contributed by atoms with Crippen molar-refractivity contribution in [2.45, 2.75) is 13.8 Å². The van der Waals surface area contributed by atoms with Gasteiger partial charge in [-0.2, -0.15) is 0 Å². The van der Waals surface area contributed by atoms with Gasteiger partial charge in [0.1, 0.15) is 5.75 Å². The van der Waals surface area contributed by atoms with E-state index in [4.69, 9.17) is 4.74 Å². The van der Waals surface area contributed by atoms with Gasteiger partial charge in [0, 0.05) is 0 Å². The van der Waals surface area contributed by atoms with Crippen LogP contribution in [0.15, 0.2) is 18.2 Å². The van der Waals surface area contributed by atoms with E-state index in [2.05, 4.69) is 0 Å². The molecule has 2 nitrogen and oxygen atoms in total. The monoisotopic (exact) mass is 163 g/mol. The van der Waals surface area contributed by atoms with Crippen molar-refractivity contribution >= 4 is 6.29 Å². The van der Waals surface area contributed by atoms with Crippen molar-refractivity contribution in [3.63, 3.8) is 0 Å². The van der Waals surface area contributed by atoms with Gasteiger partial charge in [0.15, 0.2) is 12.9 Å². The zero-order valence-corrected chi connectivity index (χ0v) is 7.20. The van der Waals surface area contributed by atoms with E-state index in [0.717, 1.165) is 17.9 Å². The average Bonchev–Trinajstić information content (AvgIpc) is 2.03. The number of aldehydes is 1. The van der Waals surface area contributed by atoms with Gasteiger partial charge in [-0.15, -0.1) is 0 Å². The van der Waals surface area contributed by atoms with E-state index in [1.165, 1.54) is 5.56 Å². The molecule has 63 valence electrons. The van der Waals surface area contributed by atoms with Gasteiger partial charge in [0.2, 0.25) is 0 Å². The fraction of sp³-hybridized carbons (Fsp3) is 0.200. The van der Waals surface area contributed by atoms with Gasteiger partial charge in [-0.1, -0.05) is 17.7 Å². The standard InChI is InChI=1S/C10H11O2/c1-8-3-4-10(9(2)7-8)12-6-5-11/h3-7H,1-2H3. The number of benzene rings is 1. The van der Waals surface area contributed by atoms with Crippen LogP contribution in [0.3, 0.4) is 0 Å². The summed E-state index contributed by atoms with van der Waals surface area (Å²) in [5, 5.41) is 0. The summed E-state index contributed by atoms with van der Waals surface area (Å²) in [5.41, 5.74) is 2.22. The summed E-state index contributed by atoms with van der Waals surface area (Å²) in [4.78, 5) is 9.98. The van der Waals surface area contributed by atoms with Gasteiger partial charge < -0.3 is 4.74 Å². The lowest BCUT2D eigenvalue weighted by Crippen LogP contribution is -1.92. The molecule has 0 fully saturated rings. The maximum Gasteiger partial charge on any atom is 0.197 e. The number of hydrogen-bond donors (Lipinski definition) is 0. The second-order valence-electron chi connectivity index (χ2n) is 2.66. The van der Waals surface area contributed by atoms with Gasteiger partial charge in [0.05, 0.1) is 0 Å². The molecular formula is C10H11O2. The van der Waals surface area contributed by atoms with E-state index in [-0.39, 0.29) is 0 Å². The maximum absolute atomic E-state index is 9.98. The van der Waals surface area contributed by atoms with Crippen molar-refractivity contribution in [3.05, 3.63) is 35.9 Å². The van der Waals surface area contributed by atoms with Crippen molar-refractivity contribution in [2.24, 2.45) is 0 Å². The van der Waals surface area contributed by atoms with Crippen molar-refractivity contribution < 1.29 is 9.53 Å². The van der Waals surface area contributed by atoms with Crippen LogP contribution in [-0.4, -0.2) is 6.29 Å². The third kappa shape index (κ3) is 2.09. The highest BCUT2D eigenvalue weighted by Gasteiger charge is 1.97. The Hall–Kier alpha value is -1.31. The highest BCUT2D eigenvalue weighted by atomic mass is 16.5.